The summed E-state index contributed by atoms with van der Waals surface area (Å²) in [6.45, 7) is 10.9. The van der Waals surface area contributed by atoms with Gasteiger partial charge >= 0.3 is 18.3 Å². The fraction of sp³-hybridized carbons (Fsp3) is 0.538. The van der Waals surface area contributed by atoms with E-state index in [-0.39, 0.29) is 52.0 Å². The first-order valence-electron chi connectivity index (χ1n) is 18.4. The lowest BCUT2D eigenvalue weighted by molar-refractivity contribution is -0.133. The Bertz CT molecular complexity index is 1510. The van der Waals surface area contributed by atoms with Crippen molar-refractivity contribution in [3.8, 4) is 0 Å². The molecule has 0 saturated heterocycles. The molecule has 7 N–H and O–H groups in total. The molecule has 0 aliphatic heterocycles. The van der Waals surface area contributed by atoms with Crippen LogP contribution in [0.3, 0.4) is 0 Å². The van der Waals surface area contributed by atoms with E-state index in [2.05, 4.69) is 31.9 Å². The van der Waals surface area contributed by atoms with Gasteiger partial charge < -0.3 is 51.2 Å². The van der Waals surface area contributed by atoms with Gasteiger partial charge in [-0.25, -0.2) is 14.4 Å². The predicted octanol–water partition coefficient (Wildman–Crippen LogP) is 3.56. The topological polar surface area (TPSA) is 223 Å². The van der Waals surface area contributed by atoms with Gasteiger partial charge in [0.1, 0.15) is 23.9 Å². The molecule has 2 aromatic carbocycles. The molecular weight excluding hydrogens is 712 g/mol. The van der Waals surface area contributed by atoms with Crippen LogP contribution >= 0.6 is 0 Å². The zero-order valence-electron chi connectivity index (χ0n) is 32.7. The number of carbonyl (C=O) groups excluding carboxylic acids is 6. The molecule has 0 aliphatic carbocycles. The van der Waals surface area contributed by atoms with Gasteiger partial charge in [0.2, 0.25) is 11.8 Å². The molecule has 0 spiro atoms. The minimum atomic E-state index is -1.68. The molecule has 0 radical (unpaired) electrons. The normalized spacial score (nSPS) is 12.9. The molecule has 6 amide bonds. The number of hydrogen-bond acceptors (Lipinski definition) is 10. The number of carbonyl (C=O) groups is 6. The number of nitrogens with one attached hydrogen (secondary N) is 6. The minimum absolute atomic E-state index is 0.0770. The first kappa shape index (κ1) is 45.8. The quantitative estimate of drug-likeness (QED) is 0.0766. The molecule has 0 heterocycles. The minimum Gasteiger partial charge on any atom is -0.445 e. The molecule has 16 heteroatoms. The first-order chi connectivity index (χ1) is 25.9. The molecule has 0 bridgehead atoms. The third-order valence-corrected chi connectivity index (χ3v) is 7.49. The van der Waals surface area contributed by atoms with Crippen LogP contribution < -0.4 is 31.9 Å². The summed E-state index contributed by atoms with van der Waals surface area (Å²) in [5.74, 6) is -1.95. The fourth-order valence-electron chi connectivity index (χ4n) is 4.88. The van der Waals surface area contributed by atoms with Crippen LogP contribution in [0, 0.1) is 0 Å². The lowest BCUT2D eigenvalue weighted by atomic mass is 10.0. The Balaban J connectivity index is 2.11. The van der Waals surface area contributed by atoms with Gasteiger partial charge in [-0.15, -0.1) is 0 Å². The van der Waals surface area contributed by atoms with E-state index in [9.17, 15) is 33.9 Å². The van der Waals surface area contributed by atoms with E-state index in [0.29, 0.717) is 18.4 Å². The SMILES string of the molecule is CC(C)(C)OC(=O)NCCCC[C@H](NC(=O)[C@H](CCC(=O)NCCNC(=O)OC(C)(C)C)NC(=O)OCc1ccccc1)C(O)C(=O)NCc1ccccc1. The number of rotatable bonds is 20. The molecule has 0 saturated carbocycles. The zero-order valence-corrected chi connectivity index (χ0v) is 32.7. The van der Waals surface area contributed by atoms with Gasteiger partial charge in [-0.3, -0.25) is 14.4 Å². The van der Waals surface area contributed by atoms with Crippen molar-refractivity contribution in [3.63, 3.8) is 0 Å². The Hall–Kier alpha value is -5.38. The largest absolute Gasteiger partial charge is 0.445 e. The molecule has 0 aromatic heterocycles. The highest BCUT2D eigenvalue weighted by Crippen LogP contribution is 2.11. The zero-order chi connectivity index (χ0) is 40.9. The molecule has 3 atom stereocenters. The number of unbranched alkanes of at least 4 members (excludes halogenated alkanes) is 1. The summed E-state index contributed by atoms with van der Waals surface area (Å²) < 4.78 is 15.7. The number of aliphatic hydroxyl groups is 1. The molecule has 304 valence electrons. The van der Waals surface area contributed by atoms with E-state index in [0.717, 1.165) is 5.56 Å². The second-order valence-corrected chi connectivity index (χ2v) is 14.8. The van der Waals surface area contributed by atoms with Crippen molar-refractivity contribution >= 4 is 36.0 Å². The number of ether oxygens (including phenoxy) is 3. The Morgan fingerprint density at radius 2 is 1.16 bits per heavy atom. The van der Waals surface area contributed by atoms with Gasteiger partial charge in [0.15, 0.2) is 6.10 Å². The van der Waals surface area contributed by atoms with Gasteiger partial charge in [-0.05, 0) is 78.4 Å². The van der Waals surface area contributed by atoms with E-state index in [1.807, 2.05) is 36.4 Å². The summed E-state index contributed by atoms with van der Waals surface area (Å²) in [5.41, 5.74) is 0.158. The summed E-state index contributed by atoms with van der Waals surface area (Å²) in [4.78, 5) is 76.4. The van der Waals surface area contributed by atoms with E-state index in [1.54, 1.807) is 65.8 Å². The number of alkyl carbamates (subject to hydrolysis) is 3. The molecule has 0 fully saturated rings. The van der Waals surface area contributed by atoms with Crippen molar-refractivity contribution in [1.82, 2.24) is 31.9 Å². The van der Waals surface area contributed by atoms with Crippen LogP contribution in [0.25, 0.3) is 0 Å². The Morgan fingerprint density at radius 1 is 0.618 bits per heavy atom. The highest BCUT2D eigenvalue weighted by Gasteiger charge is 2.31. The maximum atomic E-state index is 13.8. The van der Waals surface area contributed by atoms with Crippen molar-refractivity contribution < 1.29 is 48.1 Å². The van der Waals surface area contributed by atoms with Crippen LogP contribution in [-0.4, -0.2) is 90.1 Å². The molecular formula is C39H58N6O10. The number of hydrogen-bond donors (Lipinski definition) is 7. The Morgan fingerprint density at radius 3 is 1.75 bits per heavy atom. The molecule has 16 nitrogen and oxygen atoms in total. The van der Waals surface area contributed by atoms with Gasteiger partial charge in [0.05, 0.1) is 6.04 Å². The smallest absolute Gasteiger partial charge is 0.408 e. The van der Waals surface area contributed by atoms with Crippen molar-refractivity contribution in [2.75, 3.05) is 19.6 Å². The van der Waals surface area contributed by atoms with E-state index >= 15 is 0 Å². The van der Waals surface area contributed by atoms with Crippen LogP contribution in [-0.2, 0) is 41.7 Å². The van der Waals surface area contributed by atoms with Crippen LogP contribution in [0.2, 0.25) is 0 Å². The van der Waals surface area contributed by atoms with E-state index < -0.39 is 65.4 Å². The molecule has 1 unspecified atom stereocenters. The second-order valence-electron chi connectivity index (χ2n) is 14.8. The van der Waals surface area contributed by atoms with Crippen molar-refractivity contribution in [2.45, 2.75) is 116 Å². The van der Waals surface area contributed by atoms with Gasteiger partial charge in [0.25, 0.3) is 5.91 Å². The standard InChI is InChI=1S/C39H58N6O10/c1-38(2,3)54-35(50)41-22-14-13-19-29(32(47)34(49)43-25-27-15-9-7-10-16-27)44-33(48)30(45-37(52)53-26-28-17-11-8-12-18-28)20-21-31(46)40-23-24-42-36(51)55-39(4,5)6/h7-12,15-18,29-30,32,47H,13-14,19-26H2,1-6H3,(H,40,46)(H,41,50)(H,42,51)(H,43,49)(H,44,48)(H,45,52)/t29-,30-,32?/m0/s1. The van der Waals surface area contributed by atoms with Crippen molar-refractivity contribution in [2.24, 2.45) is 0 Å². The second kappa shape index (κ2) is 23.4. The highest BCUT2D eigenvalue weighted by atomic mass is 16.6. The molecule has 0 aliphatic rings. The fourth-order valence-corrected chi connectivity index (χ4v) is 4.88. The Labute approximate surface area is 323 Å². The highest BCUT2D eigenvalue weighted by molar-refractivity contribution is 5.88. The predicted molar refractivity (Wildman–Crippen MR) is 204 cm³/mol. The van der Waals surface area contributed by atoms with Crippen LogP contribution in [0.15, 0.2) is 60.7 Å². The summed E-state index contributed by atoms with van der Waals surface area (Å²) in [6, 6.07) is 15.6. The summed E-state index contributed by atoms with van der Waals surface area (Å²) >= 11 is 0. The number of aliphatic hydroxyl groups excluding tert-OH is 1. The third kappa shape index (κ3) is 21.2. The molecule has 2 rings (SSSR count). The lowest BCUT2D eigenvalue weighted by Gasteiger charge is -2.26. The molecule has 2 aromatic rings. The monoisotopic (exact) mass is 770 g/mol. The summed E-state index contributed by atoms with van der Waals surface area (Å²) in [6.07, 6.45) is -3.27. The van der Waals surface area contributed by atoms with Crippen LogP contribution in [0.4, 0.5) is 14.4 Å². The van der Waals surface area contributed by atoms with Crippen molar-refractivity contribution in [1.29, 1.82) is 0 Å². The van der Waals surface area contributed by atoms with E-state index in [1.165, 1.54) is 0 Å². The van der Waals surface area contributed by atoms with Gasteiger partial charge in [-0.1, -0.05) is 60.7 Å². The Kier molecular flexibility index (Phi) is 19.5. The average molecular weight is 771 g/mol. The van der Waals surface area contributed by atoms with Gasteiger partial charge in [-0.2, -0.15) is 0 Å². The van der Waals surface area contributed by atoms with Gasteiger partial charge in [0, 0.05) is 32.6 Å². The van der Waals surface area contributed by atoms with Crippen LogP contribution in [0.1, 0.15) is 84.8 Å². The lowest BCUT2D eigenvalue weighted by Crippen LogP contribution is -2.55. The van der Waals surface area contributed by atoms with Crippen LogP contribution in [0.5, 0.6) is 0 Å². The maximum Gasteiger partial charge on any atom is 0.408 e. The first-order valence-corrected chi connectivity index (χ1v) is 18.4. The average Bonchev–Trinajstić information content (AvgIpc) is 3.11. The molecule has 55 heavy (non-hydrogen) atoms. The third-order valence-electron chi connectivity index (χ3n) is 7.49. The maximum absolute atomic E-state index is 13.8. The summed E-state index contributed by atoms with van der Waals surface area (Å²) in [7, 11) is 0. The van der Waals surface area contributed by atoms with Crippen molar-refractivity contribution in [3.05, 3.63) is 71.8 Å². The number of amides is 6. The summed E-state index contributed by atoms with van der Waals surface area (Å²) in [5, 5.41) is 26.9. The number of benzene rings is 2. The van der Waals surface area contributed by atoms with E-state index in [4.69, 9.17) is 14.2 Å².